The molecule has 0 atom stereocenters. The van der Waals surface area contributed by atoms with E-state index in [2.05, 4.69) is 32.3 Å². The summed E-state index contributed by atoms with van der Waals surface area (Å²) in [5, 5.41) is 3.17. The number of esters is 1. The standard InChI is InChI=1S/C20H20N4O3/c1-2-26-19(25)16-13-22-20(23-18(16)21-12-15-7-5-11-27-15)24-10-9-14-6-3-4-8-17(14)24/h3-8,11,13H,2,9-10,12H2,1H3,(H,21,22,23). The van der Waals surface area contributed by atoms with Gasteiger partial charge in [0.2, 0.25) is 5.95 Å². The number of carbonyl (C=O) groups is 1. The Morgan fingerprint density at radius 3 is 3.00 bits per heavy atom. The number of carbonyl (C=O) groups excluding carboxylic acids is 1. The molecule has 3 aromatic rings. The topological polar surface area (TPSA) is 80.5 Å². The maximum Gasteiger partial charge on any atom is 0.343 e. The molecule has 2 aromatic heterocycles. The number of rotatable bonds is 6. The highest BCUT2D eigenvalue weighted by Crippen LogP contribution is 2.33. The van der Waals surface area contributed by atoms with Gasteiger partial charge in [0, 0.05) is 18.4 Å². The fourth-order valence-electron chi connectivity index (χ4n) is 3.13. The number of furan rings is 1. The number of aromatic nitrogens is 2. The van der Waals surface area contributed by atoms with Crippen LogP contribution in [0.25, 0.3) is 0 Å². The molecule has 138 valence electrons. The molecule has 1 aliphatic heterocycles. The summed E-state index contributed by atoms with van der Waals surface area (Å²) in [4.78, 5) is 23.4. The quantitative estimate of drug-likeness (QED) is 0.670. The molecular formula is C20H20N4O3. The van der Waals surface area contributed by atoms with Crippen molar-refractivity contribution in [2.45, 2.75) is 19.9 Å². The summed E-state index contributed by atoms with van der Waals surface area (Å²) < 4.78 is 10.5. The van der Waals surface area contributed by atoms with Gasteiger partial charge < -0.3 is 19.4 Å². The normalized spacial score (nSPS) is 12.7. The van der Waals surface area contributed by atoms with Crippen molar-refractivity contribution in [1.82, 2.24) is 9.97 Å². The molecular weight excluding hydrogens is 344 g/mol. The average Bonchev–Trinajstić information content (AvgIpc) is 3.36. The summed E-state index contributed by atoms with van der Waals surface area (Å²) in [6.07, 6.45) is 4.07. The third-order valence-corrected chi connectivity index (χ3v) is 4.41. The molecule has 0 saturated heterocycles. The largest absolute Gasteiger partial charge is 0.467 e. The van der Waals surface area contributed by atoms with E-state index in [-0.39, 0.29) is 6.61 Å². The van der Waals surface area contributed by atoms with E-state index >= 15 is 0 Å². The fourth-order valence-corrected chi connectivity index (χ4v) is 3.13. The molecule has 7 nitrogen and oxygen atoms in total. The van der Waals surface area contributed by atoms with Crippen molar-refractivity contribution >= 4 is 23.4 Å². The molecule has 0 aliphatic carbocycles. The van der Waals surface area contributed by atoms with Crippen molar-refractivity contribution in [3.63, 3.8) is 0 Å². The van der Waals surface area contributed by atoms with Crippen molar-refractivity contribution < 1.29 is 13.9 Å². The van der Waals surface area contributed by atoms with Crippen LogP contribution in [0.3, 0.4) is 0 Å². The van der Waals surface area contributed by atoms with Crippen LogP contribution in [0.5, 0.6) is 0 Å². The summed E-state index contributed by atoms with van der Waals surface area (Å²) in [6, 6.07) is 11.9. The Hall–Kier alpha value is -3.35. The van der Waals surface area contributed by atoms with Crippen molar-refractivity contribution in [2.24, 2.45) is 0 Å². The monoisotopic (exact) mass is 364 g/mol. The molecule has 0 saturated carbocycles. The van der Waals surface area contributed by atoms with Gasteiger partial charge in [-0.2, -0.15) is 4.98 Å². The van der Waals surface area contributed by atoms with E-state index in [1.807, 2.05) is 24.3 Å². The third kappa shape index (κ3) is 3.48. The summed E-state index contributed by atoms with van der Waals surface area (Å²) in [5.41, 5.74) is 2.67. The number of nitrogens with one attached hydrogen (secondary N) is 1. The molecule has 0 fully saturated rings. The molecule has 1 aliphatic rings. The van der Waals surface area contributed by atoms with Crippen LogP contribution in [0.4, 0.5) is 17.5 Å². The Morgan fingerprint density at radius 2 is 2.19 bits per heavy atom. The highest BCUT2D eigenvalue weighted by atomic mass is 16.5. The van der Waals surface area contributed by atoms with Gasteiger partial charge in [-0.1, -0.05) is 18.2 Å². The predicted molar refractivity (Wildman–Crippen MR) is 101 cm³/mol. The summed E-state index contributed by atoms with van der Waals surface area (Å²) in [7, 11) is 0. The van der Waals surface area contributed by atoms with E-state index < -0.39 is 5.97 Å². The lowest BCUT2D eigenvalue weighted by Gasteiger charge is -2.19. The van der Waals surface area contributed by atoms with Gasteiger partial charge in [0.25, 0.3) is 0 Å². The zero-order valence-corrected chi connectivity index (χ0v) is 15.0. The number of nitrogens with zero attached hydrogens (tertiary/aromatic N) is 3. The smallest absolute Gasteiger partial charge is 0.343 e. The minimum absolute atomic E-state index is 0.289. The number of ether oxygens (including phenoxy) is 1. The molecule has 0 spiro atoms. The minimum atomic E-state index is -0.451. The van der Waals surface area contributed by atoms with Crippen LogP contribution in [0.1, 0.15) is 28.6 Å². The second-order valence-corrected chi connectivity index (χ2v) is 6.12. The third-order valence-electron chi connectivity index (χ3n) is 4.41. The summed E-state index contributed by atoms with van der Waals surface area (Å²) >= 11 is 0. The first-order chi connectivity index (χ1) is 13.3. The number of fused-ring (bicyclic) bond motifs is 1. The van der Waals surface area contributed by atoms with Crippen molar-refractivity contribution in [2.75, 3.05) is 23.4 Å². The Balaban J connectivity index is 1.65. The van der Waals surface area contributed by atoms with Gasteiger partial charge in [-0.05, 0) is 37.1 Å². The molecule has 3 heterocycles. The highest BCUT2D eigenvalue weighted by molar-refractivity contribution is 5.94. The molecule has 1 N–H and O–H groups in total. The number of anilines is 3. The molecule has 0 bridgehead atoms. The van der Waals surface area contributed by atoms with Gasteiger partial charge in [0.05, 0.1) is 19.4 Å². The van der Waals surface area contributed by atoms with Crippen LogP contribution in [0, 0.1) is 0 Å². The zero-order chi connectivity index (χ0) is 18.6. The highest BCUT2D eigenvalue weighted by Gasteiger charge is 2.24. The van der Waals surface area contributed by atoms with E-state index in [0.717, 1.165) is 24.4 Å². The SMILES string of the molecule is CCOC(=O)c1cnc(N2CCc3ccccc32)nc1NCc1ccco1. The molecule has 0 amide bonds. The lowest BCUT2D eigenvalue weighted by atomic mass is 10.2. The lowest BCUT2D eigenvalue weighted by Crippen LogP contribution is -2.19. The van der Waals surface area contributed by atoms with Gasteiger partial charge in [-0.3, -0.25) is 0 Å². The maximum atomic E-state index is 12.3. The van der Waals surface area contributed by atoms with Crippen LogP contribution in [-0.4, -0.2) is 29.1 Å². The van der Waals surface area contributed by atoms with E-state index in [0.29, 0.717) is 23.9 Å². The van der Waals surface area contributed by atoms with Crippen molar-refractivity contribution in [3.05, 3.63) is 65.7 Å². The number of hydrogen-bond acceptors (Lipinski definition) is 7. The summed E-state index contributed by atoms with van der Waals surface area (Å²) in [5.74, 6) is 1.28. The Labute approximate surface area is 157 Å². The van der Waals surface area contributed by atoms with Gasteiger partial charge in [-0.25, -0.2) is 9.78 Å². The first-order valence-corrected chi connectivity index (χ1v) is 8.92. The van der Waals surface area contributed by atoms with Crippen LogP contribution in [-0.2, 0) is 17.7 Å². The molecule has 27 heavy (non-hydrogen) atoms. The second kappa shape index (κ2) is 7.49. The number of para-hydroxylation sites is 1. The lowest BCUT2D eigenvalue weighted by molar-refractivity contribution is 0.0526. The maximum absolute atomic E-state index is 12.3. The average molecular weight is 364 g/mol. The van der Waals surface area contributed by atoms with Gasteiger partial charge >= 0.3 is 5.97 Å². The van der Waals surface area contributed by atoms with Gasteiger partial charge in [0.1, 0.15) is 17.1 Å². The van der Waals surface area contributed by atoms with E-state index in [9.17, 15) is 4.79 Å². The van der Waals surface area contributed by atoms with E-state index in [4.69, 9.17) is 9.15 Å². The summed E-state index contributed by atoms with van der Waals surface area (Å²) in [6.45, 7) is 3.27. The Morgan fingerprint density at radius 1 is 1.30 bits per heavy atom. The van der Waals surface area contributed by atoms with E-state index in [1.165, 1.54) is 11.8 Å². The molecule has 7 heteroatoms. The van der Waals surface area contributed by atoms with E-state index in [1.54, 1.807) is 13.2 Å². The Kier molecular flexibility index (Phi) is 4.74. The zero-order valence-electron chi connectivity index (χ0n) is 15.0. The first kappa shape index (κ1) is 17.1. The van der Waals surface area contributed by atoms with Crippen LogP contribution in [0.2, 0.25) is 0 Å². The van der Waals surface area contributed by atoms with Crippen LogP contribution >= 0.6 is 0 Å². The molecule has 0 radical (unpaired) electrons. The van der Waals surface area contributed by atoms with Crippen molar-refractivity contribution in [3.8, 4) is 0 Å². The second-order valence-electron chi connectivity index (χ2n) is 6.12. The Bertz CT molecular complexity index is 940. The van der Waals surface area contributed by atoms with Crippen LogP contribution < -0.4 is 10.2 Å². The molecule has 1 aromatic carbocycles. The molecule has 4 rings (SSSR count). The number of hydrogen-bond donors (Lipinski definition) is 1. The molecule has 0 unspecified atom stereocenters. The van der Waals surface area contributed by atoms with Crippen molar-refractivity contribution in [1.29, 1.82) is 0 Å². The number of benzene rings is 1. The van der Waals surface area contributed by atoms with Gasteiger partial charge in [-0.15, -0.1) is 0 Å². The van der Waals surface area contributed by atoms with Gasteiger partial charge in [0.15, 0.2) is 0 Å². The van der Waals surface area contributed by atoms with Crippen LogP contribution in [0.15, 0.2) is 53.3 Å². The predicted octanol–water partition coefficient (Wildman–Crippen LogP) is 3.55. The fraction of sp³-hybridized carbons (Fsp3) is 0.250. The minimum Gasteiger partial charge on any atom is -0.467 e. The first-order valence-electron chi connectivity index (χ1n) is 8.92.